The Morgan fingerprint density at radius 2 is 2.23 bits per heavy atom. The summed E-state index contributed by atoms with van der Waals surface area (Å²) in [5.41, 5.74) is 1.60. The molecule has 13 heavy (non-hydrogen) atoms. The van der Waals surface area contributed by atoms with E-state index in [1.807, 2.05) is 12.1 Å². The molecule has 0 unspecified atom stereocenters. The quantitative estimate of drug-likeness (QED) is 0.752. The summed E-state index contributed by atoms with van der Waals surface area (Å²) in [4.78, 5) is 0. The van der Waals surface area contributed by atoms with Gasteiger partial charge in [-0.1, -0.05) is 6.07 Å². The number of nitrogens with one attached hydrogen (secondary N) is 1. The number of anilines is 1. The first kappa shape index (κ1) is 8.54. The van der Waals surface area contributed by atoms with E-state index in [4.69, 9.17) is 0 Å². The first-order valence-electron chi connectivity index (χ1n) is 4.76. The van der Waals surface area contributed by atoms with E-state index in [0.717, 1.165) is 18.2 Å². The monoisotopic (exact) mass is 179 g/mol. The molecule has 2 heteroatoms. The van der Waals surface area contributed by atoms with E-state index in [9.17, 15) is 4.39 Å². The average Bonchev–Trinajstić information content (AvgIpc) is 2.91. The lowest BCUT2D eigenvalue weighted by molar-refractivity contribution is 0.619. The fraction of sp³-hybridized carbons (Fsp3) is 0.455. The maximum absolute atomic E-state index is 13.1. The number of hydrogen-bond acceptors (Lipinski definition) is 1. The van der Waals surface area contributed by atoms with Crippen molar-refractivity contribution >= 4 is 5.69 Å². The first-order valence-corrected chi connectivity index (χ1v) is 4.76. The van der Waals surface area contributed by atoms with Crippen LogP contribution < -0.4 is 5.32 Å². The van der Waals surface area contributed by atoms with Gasteiger partial charge in [0.25, 0.3) is 0 Å². The summed E-state index contributed by atoms with van der Waals surface area (Å²) in [6.07, 6.45) is 2.64. The highest BCUT2D eigenvalue weighted by Gasteiger charge is 2.20. The van der Waals surface area contributed by atoms with Crippen molar-refractivity contribution in [3.05, 3.63) is 29.6 Å². The van der Waals surface area contributed by atoms with Gasteiger partial charge in [-0.25, -0.2) is 4.39 Å². The second-order valence-corrected chi connectivity index (χ2v) is 3.79. The first-order chi connectivity index (χ1) is 6.25. The molecule has 1 aliphatic carbocycles. The molecule has 0 amide bonds. The number of rotatable bonds is 3. The fourth-order valence-electron chi connectivity index (χ4n) is 1.29. The molecule has 1 aromatic carbocycles. The smallest absolute Gasteiger partial charge is 0.128 e. The SMILES string of the molecule is Cc1ccc(NCC2CC2)cc1F. The highest BCUT2D eigenvalue weighted by Crippen LogP contribution is 2.29. The van der Waals surface area contributed by atoms with Crippen LogP contribution >= 0.6 is 0 Å². The van der Waals surface area contributed by atoms with Crippen LogP contribution in [0.15, 0.2) is 18.2 Å². The molecule has 1 N–H and O–H groups in total. The van der Waals surface area contributed by atoms with Gasteiger partial charge in [-0.15, -0.1) is 0 Å². The van der Waals surface area contributed by atoms with Crippen molar-refractivity contribution < 1.29 is 4.39 Å². The van der Waals surface area contributed by atoms with Crippen LogP contribution in [-0.4, -0.2) is 6.54 Å². The lowest BCUT2D eigenvalue weighted by Gasteiger charge is -2.05. The Kier molecular flexibility index (Phi) is 2.21. The van der Waals surface area contributed by atoms with Gasteiger partial charge in [-0.3, -0.25) is 0 Å². The van der Waals surface area contributed by atoms with E-state index in [0.29, 0.717) is 5.56 Å². The molecule has 1 fully saturated rings. The lowest BCUT2D eigenvalue weighted by Crippen LogP contribution is -2.03. The minimum absolute atomic E-state index is 0.124. The zero-order valence-corrected chi connectivity index (χ0v) is 7.81. The standard InChI is InChI=1S/C11H14FN/c1-8-2-5-10(6-11(8)12)13-7-9-3-4-9/h2,5-6,9,13H,3-4,7H2,1H3. The Hall–Kier alpha value is -1.05. The normalized spacial score (nSPS) is 15.8. The van der Waals surface area contributed by atoms with Crippen LogP contribution in [0, 0.1) is 18.7 Å². The van der Waals surface area contributed by atoms with Gasteiger partial charge in [0, 0.05) is 12.2 Å². The van der Waals surface area contributed by atoms with Gasteiger partial charge in [-0.2, -0.15) is 0 Å². The maximum atomic E-state index is 13.1. The van der Waals surface area contributed by atoms with Gasteiger partial charge < -0.3 is 5.32 Å². The van der Waals surface area contributed by atoms with Gasteiger partial charge in [-0.05, 0) is 43.4 Å². The zero-order chi connectivity index (χ0) is 9.26. The highest BCUT2D eigenvalue weighted by molar-refractivity contribution is 5.45. The predicted molar refractivity (Wildman–Crippen MR) is 52.4 cm³/mol. The van der Waals surface area contributed by atoms with E-state index in [-0.39, 0.29) is 5.82 Å². The molecule has 0 aliphatic heterocycles. The van der Waals surface area contributed by atoms with Crippen LogP contribution in [0.4, 0.5) is 10.1 Å². The summed E-state index contributed by atoms with van der Waals surface area (Å²) in [6.45, 7) is 2.77. The van der Waals surface area contributed by atoms with Crippen LogP contribution in [0.25, 0.3) is 0 Å². The Labute approximate surface area is 78.0 Å². The molecule has 1 aromatic rings. The molecule has 70 valence electrons. The topological polar surface area (TPSA) is 12.0 Å². The van der Waals surface area contributed by atoms with Crippen molar-refractivity contribution in [3.8, 4) is 0 Å². The van der Waals surface area contributed by atoms with Crippen molar-refractivity contribution in [2.45, 2.75) is 19.8 Å². The van der Waals surface area contributed by atoms with Crippen LogP contribution in [0.2, 0.25) is 0 Å². The molecular formula is C11H14FN. The molecule has 1 saturated carbocycles. The highest BCUT2D eigenvalue weighted by atomic mass is 19.1. The van der Waals surface area contributed by atoms with Gasteiger partial charge in [0.2, 0.25) is 0 Å². The Balaban J connectivity index is 1.98. The van der Waals surface area contributed by atoms with E-state index in [2.05, 4.69) is 5.32 Å². The van der Waals surface area contributed by atoms with Crippen LogP contribution in [0.5, 0.6) is 0 Å². The van der Waals surface area contributed by atoms with Crippen molar-refractivity contribution in [3.63, 3.8) is 0 Å². The van der Waals surface area contributed by atoms with E-state index in [1.165, 1.54) is 12.8 Å². The number of benzene rings is 1. The molecule has 0 heterocycles. The van der Waals surface area contributed by atoms with Gasteiger partial charge in [0.15, 0.2) is 0 Å². The maximum Gasteiger partial charge on any atom is 0.128 e. The second kappa shape index (κ2) is 3.36. The zero-order valence-electron chi connectivity index (χ0n) is 7.81. The Morgan fingerprint density at radius 1 is 1.46 bits per heavy atom. The Bertz CT molecular complexity index is 305. The molecule has 1 nitrogen and oxygen atoms in total. The minimum atomic E-state index is -0.124. The molecule has 2 rings (SSSR count). The summed E-state index contributed by atoms with van der Waals surface area (Å²) in [5.74, 6) is 0.699. The van der Waals surface area contributed by atoms with Crippen molar-refractivity contribution in [1.82, 2.24) is 0 Å². The molecule has 0 radical (unpaired) electrons. The van der Waals surface area contributed by atoms with Gasteiger partial charge >= 0.3 is 0 Å². The number of halogens is 1. The van der Waals surface area contributed by atoms with E-state index in [1.54, 1.807) is 13.0 Å². The third-order valence-corrected chi connectivity index (χ3v) is 2.46. The van der Waals surface area contributed by atoms with Crippen LogP contribution in [0.1, 0.15) is 18.4 Å². The summed E-state index contributed by atoms with van der Waals surface area (Å²) >= 11 is 0. The van der Waals surface area contributed by atoms with Crippen molar-refractivity contribution in [2.75, 3.05) is 11.9 Å². The third-order valence-electron chi connectivity index (χ3n) is 2.46. The Morgan fingerprint density at radius 3 is 2.85 bits per heavy atom. The molecule has 0 atom stereocenters. The van der Waals surface area contributed by atoms with Crippen LogP contribution in [0.3, 0.4) is 0 Å². The summed E-state index contributed by atoms with van der Waals surface area (Å²) in [6, 6.07) is 5.31. The molecule has 0 bridgehead atoms. The molecule has 0 saturated heterocycles. The number of hydrogen-bond donors (Lipinski definition) is 1. The lowest BCUT2D eigenvalue weighted by atomic mass is 10.2. The minimum Gasteiger partial charge on any atom is -0.385 e. The largest absolute Gasteiger partial charge is 0.385 e. The molecule has 0 spiro atoms. The molecule has 1 aliphatic rings. The summed E-state index contributed by atoms with van der Waals surface area (Å²) < 4.78 is 13.1. The summed E-state index contributed by atoms with van der Waals surface area (Å²) in [7, 11) is 0. The average molecular weight is 179 g/mol. The third kappa shape index (κ3) is 2.20. The molecular weight excluding hydrogens is 165 g/mol. The second-order valence-electron chi connectivity index (χ2n) is 3.79. The van der Waals surface area contributed by atoms with Gasteiger partial charge in [0.1, 0.15) is 5.82 Å². The summed E-state index contributed by atoms with van der Waals surface area (Å²) in [5, 5.41) is 3.23. The molecule has 0 aromatic heterocycles. The van der Waals surface area contributed by atoms with Crippen LogP contribution in [-0.2, 0) is 0 Å². The van der Waals surface area contributed by atoms with E-state index < -0.39 is 0 Å². The fourth-order valence-corrected chi connectivity index (χ4v) is 1.29. The predicted octanol–water partition coefficient (Wildman–Crippen LogP) is 2.96. The van der Waals surface area contributed by atoms with Crippen molar-refractivity contribution in [1.29, 1.82) is 0 Å². The van der Waals surface area contributed by atoms with Crippen molar-refractivity contribution in [2.24, 2.45) is 5.92 Å². The van der Waals surface area contributed by atoms with E-state index >= 15 is 0 Å². The van der Waals surface area contributed by atoms with Gasteiger partial charge in [0.05, 0.1) is 0 Å². The number of aryl methyl sites for hydroxylation is 1.